The predicted molar refractivity (Wildman–Crippen MR) is 65.1 cm³/mol. The number of hydrogen-bond donors (Lipinski definition) is 2. The van der Waals surface area contributed by atoms with Crippen molar-refractivity contribution in [3.05, 3.63) is 12.2 Å². The van der Waals surface area contributed by atoms with Crippen molar-refractivity contribution in [2.45, 2.75) is 19.9 Å². The molecule has 0 aliphatic carbocycles. The summed E-state index contributed by atoms with van der Waals surface area (Å²) in [5.74, 6) is 1.44. The van der Waals surface area contributed by atoms with Crippen LogP contribution < -0.4 is 0 Å². The van der Waals surface area contributed by atoms with Gasteiger partial charge in [-0.15, -0.1) is 10.2 Å². The van der Waals surface area contributed by atoms with Crippen molar-refractivity contribution in [2.75, 3.05) is 26.2 Å². The van der Waals surface area contributed by atoms with E-state index in [1.807, 2.05) is 6.92 Å². The van der Waals surface area contributed by atoms with E-state index in [0.29, 0.717) is 12.5 Å². The van der Waals surface area contributed by atoms with Gasteiger partial charge in [0.15, 0.2) is 0 Å². The van der Waals surface area contributed by atoms with Crippen LogP contribution in [-0.2, 0) is 11.3 Å². The Morgan fingerprint density at radius 2 is 2.28 bits per heavy atom. The summed E-state index contributed by atoms with van der Waals surface area (Å²) in [6.45, 7) is 6.13. The maximum absolute atomic E-state index is 9.03. The average molecular weight is 256 g/mol. The topological polar surface area (TPSA) is 91.5 Å². The van der Waals surface area contributed by atoms with Crippen LogP contribution in [0.4, 0.5) is 0 Å². The number of hydrogen-bond acceptors (Lipinski definition) is 5. The summed E-state index contributed by atoms with van der Waals surface area (Å²) in [6.07, 6.45) is 2.90. The normalized spacial score (nSPS) is 19.3. The largest absolute Gasteiger partial charge is 0.483 e. The van der Waals surface area contributed by atoms with Gasteiger partial charge in [0.25, 0.3) is 6.47 Å². The van der Waals surface area contributed by atoms with Gasteiger partial charge in [0.2, 0.25) is 0 Å². The van der Waals surface area contributed by atoms with Crippen LogP contribution in [0, 0.1) is 12.8 Å². The number of aromatic nitrogens is 3. The van der Waals surface area contributed by atoms with E-state index in [4.69, 9.17) is 15.0 Å². The molecule has 0 aromatic carbocycles. The molecule has 1 aliphatic rings. The molecule has 102 valence electrons. The third kappa shape index (κ3) is 4.42. The predicted octanol–water partition coefficient (Wildman–Crippen LogP) is -0.398. The second-order valence-corrected chi connectivity index (χ2v) is 4.31. The number of aliphatic hydroxyl groups is 1. The number of carbonyl (C=O) groups is 1. The molecule has 1 aromatic rings. The molecule has 2 heterocycles. The zero-order chi connectivity index (χ0) is 13.4. The lowest BCUT2D eigenvalue weighted by Crippen LogP contribution is -2.25. The molecular formula is C11H20N4O3. The first-order chi connectivity index (χ1) is 8.71. The Labute approximate surface area is 106 Å². The fraction of sp³-hybridized carbons (Fsp3) is 0.727. The third-order valence-corrected chi connectivity index (χ3v) is 3.09. The van der Waals surface area contributed by atoms with E-state index in [0.717, 1.165) is 38.4 Å². The van der Waals surface area contributed by atoms with Crippen LogP contribution in [0.2, 0.25) is 0 Å². The summed E-state index contributed by atoms with van der Waals surface area (Å²) in [4.78, 5) is 10.8. The first-order valence-corrected chi connectivity index (χ1v) is 5.96. The Balaban J connectivity index is 0.000000492. The summed E-state index contributed by atoms with van der Waals surface area (Å²) in [6, 6.07) is 0. The summed E-state index contributed by atoms with van der Waals surface area (Å²) in [5, 5.41) is 23.7. The van der Waals surface area contributed by atoms with Crippen molar-refractivity contribution in [2.24, 2.45) is 5.92 Å². The van der Waals surface area contributed by atoms with Crippen LogP contribution in [0.5, 0.6) is 0 Å². The Morgan fingerprint density at radius 3 is 2.78 bits per heavy atom. The molecule has 1 aromatic heterocycles. The lowest BCUT2D eigenvalue weighted by Gasteiger charge is -2.15. The molecule has 0 bridgehead atoms. The number of rotatable bonds is 4. The van der Waals surface area contributed by atoms with Crippen molar-refractivity contribution >= 4 is 6.47 Å². The minimum atomic E-state index is -0.250. The molecule has 0 saturated carbocycles. The van der Waals surface area contributed by atoms with Gasteiger partial charge in [-0.2, -0.15) is 0 Å². The molecule has 0 radical (unpaired) electrons. The summed E-state index contributed by atoms with van der Waals surface area (Å²) in [7, 11) is 0. The minimum absolute atomic E-state index is 0.250. The molecule has 1 unspecified atom stereocenters. The summed E-state index contributed by atoms with van der Waals surface area (Å²) in [5.41, 5.74) is 0. The van der Waals surface area contributed by atoms with Gasteiger partial charge in [-0.1, -0.05) is 0 Å². The van der Waals surface area contributed by atoms with Crippen LogP contribution in [0.3, 0.4) is 0 Å². The highest BCUT2D eigenvalue weighted by molar-refractivity contribution is 5.32. The Morgan fingerprint density at radius 1 is 1.56 bits per heavy atom. The van der Waals surface area contributed by atoms with Crippen molar-refractivity contribution in [1.29, 1.82) is 0 Å². The molecule has 1 saturated heterocycles. The highest BCUT2D eigenvalue weighted by atomic mass is 16.3. The van der Waals surface area contributed by atoms with Gasteiger partial charge in [0, 0.05) is 26.2 Å². The second-order valence-electron chi connectivity index (χ2n) is 4.31. The molecular weight excluding hydrogens is 236 g/mol. The van der Waals surface area contributed by atoms with E-state index in [9.17, 15) is 0 Å². The quantitative estimate of drug-likeness (QED) is 0.712. The van der Waals surface area contributed by atoms with E-state index >= 15 is 0 Å². The van der Waals surface area contributed by atoms with Gasteiger partial charge in [-0.05, 0) is 25.8 Å². The first-order valence-electron chi connectivity index (χ1n) is 5.96. The standard InChI is InChI=1S/C10H18N4O.CH2O2/c1-9-12-11-8-14(9)5-4-13-3-2-10(6-13)7-15;2-1-3/h8,10,15H,2-7H2,1H3;1H,(H,2,3). The summed E-state index contributed by atoms with van der Waals surface area (Å²) < 4.78 is 2.06. The fourth-order valence-electron chi connectivity index (χ4n) is 2.05. The van der Waals surface area contributed by atoms with Crippen LogP contribution in [0.15, 0.2) is 6.33 Å². The van der Waals surface area contributed by atoms with E-state index in [-0.39, 0.29) is 6.47 Å². The van der Waals surface area contributed by atoms with Crippen LogP contribution >= 0.6 is 0 Å². The fourth-order valence-corrected chi connectivity index (χ4v) is 2.05. The summed E-state index contributed by atoms with van der Waals surface area (Å²) >= 11 is 0. The van der Waals surface area contributed by atoms with Crippen molar-refractivity contribution in [3.63, 3.8) is 0 Å². The molecule has 2 N–H and O–H groups in total. The number of aliphatic hydroxyl groups excluding tert-OH is 1. The second kappa shape index (κ2) is 7.78. The van der Waals surface area contributed by atoms with Crippen LogP contribution in [0.1, 0.15) is 12.2 Å². The maximum Gasteiger partial charge on any atom is 0.290 e. The molecule has 7 heteroatoms. The van der Waals surface area contributed by atoms with E-state index < -0.39 is 0 Å². The van der Waals surface area contributed by atoms with Gasteiger partial charge < -0.3 is 19.7 Å². The lowest BCUT2D eigenvalue weighted by molar-refractivity contribution is -0.122. The number of likely N-dealkylation sites (tertiary alicyclic amines) is 1. The Hall–Kier alpha value is -1.47. The maximum atomic E-state index is 9.03. The molecule has 1 atom stereocenters. The Bertz CT molecular complexity index is 356. The highest BCUT2D eigenvalue weighted by Gasteiger charge is 2.21. The van der Waals surface area contributed by atoms with Gasteiger partial charge >= 0.3 is 0 Å². The van der Waals surface area contributed by atoms with Gasteiger partial charge in [-0.25, -0.2) is 0 Å². The van der Waals surface area contributed by atoms with Crippen LogP contribution in [0.25, 0.3) is 0 Å². The number of carboxylic acid groups (broad SMARTS) is 1. The molecule has 0 spiro atoms. The van der Waals surface area contributed by atoms with E-state index in [1.54, 1.807) is 6.33 Å². The third-order valence-electron chi connectivity index (χ3n) is 3.09. The minimum Gasteiger partial charge on any atom is -0.483 e. The van der Waals surface area contributed by atoms with Gasteiger partial charge in [0.05, 0.1) is 0 Å². The monoisotopic (exact) mass is 256 g/mol. The number of nitrogens with zero attached hydrogens (tertiary/aromatic N) is 4. The average Bonchev–Trinajstić information content (AvgIpc) is 2.96. The SMILES string of the molecule is Cc1nncn1CCN1CCC(CO)C1.O=CO. The van der Waals surface area contributed by atoms with E-state index in [2.05, 4.69) is 19.7 Å². The highest BCUT2D eigenvalue weighted by Crippen LogP contribution is 2.14. The Kier molecular flexibility index (Phi) is 6.31. The van der Waals surface area contributed by atoms with Crippen molar-refractivity contribution in [1.82, 2.24) is 19.7 Å². The number of aryl methyl sites for hydroxylation is 1. The van der Waals surface area contributed by atoms with Crippen LogP contribution in [-0.4, -0.2) is 62.6 Å². The first kappa shape index (κ1) is 14.6. The zero-order valence-corrected chi connectivity index (χ0v) is 10.6. The van der Waals surface area contributed by atoms with Gasteiger partial charge in [-0.3, -0.25) is 4.79 Å². The molecule has 0 amide bonds. The zero-order valence-electron chi connectivity index (χ0n) is 10.6. The van der Waals surface area contributed by atoms with Crippen molar-refractivity contribution < 1.29 is 15.0 Å². The molecule has 18 heavy (non-hydrogen) atoms. The van der Waals surface area contributed by atoms with Gasteiger partial charge in [0.1, 0.15) is 12.2 Å². The lowest BCUT2D eigenvalue weighted by atomic mass is 10.1. The molecule has 7 nitrogen and oxygen atoms in total. The molecule has 1 fully saturated rings. The molecule has 1 aliphatic heterocycles. The smallest absolute Gasteiger partial charge is 0.290 e. The van der Waals surface area contributed by atoms with E-state index in [1.165, 1.54) is 0 Å². The van der Waals surface area contributed by atoms with Crippen molar-refractivity contribution in [3.8, 4) is 0 Å². The molecule has 2 rings (SSSR count).